The normalized spacial score (nSPS) is 16.9. The van der Waals surface area contributed by atoms with E-state index in [0.717, 1.165) is 0 Å². The number of ketones is 1. The van der Waals surface area contributed by atoms with Crippen molar-refractivity contribution >= 4 is 29.0 Å². The Bertz CT molecular complexity index is 1010. The first kappa shape index (κ1) is 23.0. The number of aliphatic hydroxyl groups is 1. The van der Waals surface area contributed by atoms with Gasteiger partial charge < -0.3 is 24.6 Å². The molecular formula is C23H24ClFNO5-. The molecule has 1 aliphatic heterocycles. The molecule has 0 aromatic heterocycles. The van der Waals surface area contributed by atoms with Crippen LogP contribution in [0.2, 0.25) is 5.02 Å². The molecule has 1 heterocycles. The summed E-state index contributed by atoms with van der Waals surface area (Å²) in [6, 6.07) is 7.42. The highest BCUT2D eigenvalue weighted by Crippen LogP contribution is 2.38. The summed E-state index contributed by atoms with van der Waals surface area (Å²) >= 11 is 5.88. The molecule has 0 spiro atoms. The van der Waals surface area contributed by atoms with Crippen molar-refractivity contribution in [3.63, 3.8) is 0 Å². The molecule has 3 rings (SSSR count). The number of nitrogens with zero attached hydrogens (tertiary/aromatic N) is 1. The number of fused-ring (bicyclic) bond motifs is 1. The fraction of sp³-hybridized carbons (Fsp3) is 0.391. The number of Topliss-reactive ketones (excluding diaryl/α,β-unsaturated/α-hetero) is 1. The number of carbonyl (C=O) groups is 2. The molecule has 0 radical (unpaired) electrons. The number of ether oxygens (including phenoxy) is 1. The van der Waals surface area contributed by atoms with Gasteiger partial charge in [-0.3, -0.25) is 4.79 Å². The van der Waals surface area contributed by atoms with E-state index >= 15 is 0 Å². The number of aliphatic hydroxyl groups excluding tert-OH is 1. The topological polar surface area (TPSA) is 89.9 Å². The molecule has 0 aliphatic carbocycles. The van der Waals surface area contributed by atoms with Crippen LogP contribution in [-0.4, -0.2) is 43.2 Å². The van der Waals surface area contributed by atoms with Gasteiger partial charge in [-0.25, -0.2) is 4.39 Å². The largest absolute Gasteiger partial charge is 0.549 e. The first-order valence-electron chi connectivity index (χ1n) is 9.95. The van der Waals surface area contributed by atoms with E-state index < -0.39 is 29.5 Å². The number of carboxylic acids is 1. The van der Waals surface area contributed by atoms with E-state index in [-0.39, 0.29) is 36.1 Å². The maximum Gasteiger partial charge on any atom is 0.175 e. The summed E-state index contributed by atoms with van der Waals surface area (Å²) in [5.74, 6) is -3.58. The third-order valence-corrected chi connectivity index (χ3v) is 6.02. The van der Waals surface area contributed by atoms with Gasteiger partial charge >= 0.3 is 0 Å². The van der Waals surface area contributed by atoms with Crippen molar-refractivity contribution in [1.82, 2.24) is 0 Å². The zero-order valence-corrected chi connectivity index (χ0v) is 18.3. The number of methoxy groups -OCH3 is 1. The highest BCUT2D eigenvalue weighted by molar-refractivity contribution is 6.30. The second-order valence-corrected chi connectivity index (χ2v) is 8.36. The molecule has 0 saturated carbocycles. The van der Waals surface area contributed by atoms with E-state index in [2.05, 4.69) is 0 Å². The predicted molar refractivity (Wildman–Crippen MR) is 113 cm³/mol. The van der Waals surface area contributed by atoms with Crippen molar-refractivity contribution in [3.05, 3.63) is 57.9 Å². The molecular weight excluding hydrogens is 425 g/mol. The van der Waals surface area contributed by atoms with E-state index in [1.165, 1.54) is 19.2 Å². The highest BCUT2D eigenvalue weighted by Gasteiger charge is 2.37. The van der Waals surface area contributed by atoms with E-state index in [4.69, 9.17) is 16.3 Å². The van der Waals surface area contributed by atoms with E-state index in [9.17, 15) is 24.2 Å². The first-order valence-corrected chi connectivity index (χ1v) is 10.3. The van der Waals surface area contributed by atoms with Gasteiger partial charge in [0.1, 0.15) is 11.6 Å². The van der Waals surface area contributed by atoms with Gasteiger partial charge in [-0.2, -0.15) is 0 Å². The van der Waals surface area contributed by atoms with Crippen molar-refractivity contribution < 1.29 is 28.9 Å². The summed E-state index contributed by atoms with van der Waals surface area (Å²) in [5, 5.41) is 21.6. The van der Waals surface area contributed by atoms with Crippen LogP contribution < -0.4 is 14.7 Å². The number of anilines is 1. The van der Waals surface area contributed by atoms with Gasteiger partial charge in [0.25, 0.3) is 0 Å². The lowest BCUT2D eigenvalue weighted by Gasteiger charge is -2.42. The highest BCUT2D eigenvalue weighted by atomic mass is 35.5. The molecule has 8 heteroatoms. The maximum absolute atomic E-state index is 14.4. The van der Waals surface area contributed by atoms with Gasteiger partial charge in [0.2, 0.25) is 0 Å². The number of hydrogen-bond acceptors (Lipinski definition) is 6. The minimum Gasteiger partial charge on any atom is -0.549 e. The quantitative estimate of drug-likeness (QED) is 0.654. The minimum atomic E-state index is -1.47. The summed E-state index contributed by atoms with van der Waals surface area (Å²) in [5.41, 5.74) is 1.48. The third-order valence-electron chi connectivity index (χ3n) is 5.72. The number of rotatable bonds is 7. The second-order valence-electron chi connectivity index (χ2n) is 7.95. The minimum absolute atomic E-state index is 0.0142. The molecule has 0 saturated heterocycles. The van der Waals surface area contributed by atoms with Crippen molar-refractivity contribution in [1.29, 1.82) is 0 Å². The number of carbonyl (C=O) groups excluding carboxylic acids is 2. The van der Waals surface area contributed by atoms with E-state index in [1.807, 2.05) is 13.8 Å². The SMILES string of the molecule is COc1cc2c(cc1Cc1cccc(Cl)c1F)C(=O)[C@@H](C(=O)[O-])CN2[C@@H](CO)C(C)C. The predicted octanol–water partition coefficient (Wildman–Crippen LogP) is 2.46. The molecule has 0 unspecified atom stereocenters. The summed E-state index contributed by atoms with van der Waals surface area (Å²) in [7, 11) is 1.46. The standard InChI is InChI=1S/C23H25ClFNO5/c1-12(2)19(11-27)26-10-16(23(29)30)22(28)15-8-14(20(31-3)9-18(15)26)7-13-5-4-6-17(24)21(13)25/h4-6,8-9,12,16,19,27H,7,10-11H2,1-3H3,(H,29,30)/p-1/t16-,19-/m0/s1. The Kier molecular flexibility index (Phi) is 6.86. The number of halogens is 2. The summed E-state index contributed by atoms with van der Waals surface area (Å²) in [6.45, 7) is 3.48. The molecule has 0 amide bonds. The van der Waals surface area contributed by atoms with Gasteiger partial charge in [0, 0.05) is 24.6 Å². The fourth-order valence-electron chi connectivity index (χ4n) is 4.00. The zero-order valence-electron chi connectivity index (χ0n) is 17.5. The Hall–Kier alpha value is -2.64. The Morgan fingerprint density at radius 2 is 2.06 bits per heavy atom. The lowest BCUT2D eigenvalue weighted by Crippen LogP contribution is -2.53. The lowest BCUT2D eigenvalue weighted by molar-refractivity contribution is -0.309. The zero-order chi connectivity index (χ0) is 22.9. The molecule has 1 aliphatic rings. The van der Waals surface area contributed by atoms with Crippen molar-refractivity contribution in [2.24, 2.45) is 11.8 Å². The lowest BCUT2D eigenvalue weighted by atomic mass is 9.86. The van der Waals surface area contributed by atoms with Crippen LogP contribution in [-0.2, 0) is 11.2 Å². The molecule has 31 heavy (non-hydrogen) atoms. The maximum atomic E-state index is 14.4. The van der Waals surface area contributed by atoms with Gasteiger partial charge in [0.05, 0.1) is 42.4 Å². The second kappa shape index (κ2) is 9.24. The number of benzene rings is 2. The van der Waals surface area contributed by atoms with Crippen molar-refractivity contribution in [2.45, 2.75) is 26.3 Å². The summed E-state index contributed by atoms with van der Waals surface area (Å²) < 4.78 is 19.9. The molecule has 0 bridgehead atoms. The van der Waals surface area contributed by atoms with Crippen LogP contribution in [0.5, 0.6) is 5.75 Å². The van der Waals surface area contributed by atoms with Crippen molar-refractivity contribution in [2.75, 3.05) is 25.2 Å². The van der Waals surface area contributed by atoms with Gasteiger partial charge in [-0.05, 0) is 29.2 Å². The van der Waals surface area contributed by atoms with Gasteiger partial charge in [-0.1, -0.05) is 37.6 Å². The van der Waals surface area contributed by atoms with E-state index in [0.29, 0.717) is 22.6 Å². The smallest absolute Gasteiger partial charge is 0.175 e. The molecule has 2 atom stereocenters. The van der Waals surface area contributed by atoms with Crippen LogP contribution in [0.3, 0.4) is 0 Å². The molecule has 2 aromatic rings. The Morgan fingerprint density at radius 1 is 1.35 bits per heavy atom. The summed E-state index contributed by atoms with van der Waals surface area (Å²) in [4.78, 5) is 26.4. The van der Waals surface area contributed by atoms with Crippen LogP contribution in [0, 0.1) is 17.7 Å². The Balaban J connectivity index is 2.15. The molecule has 2 aromatic carbocycles. The number of carboxylic acid groups (broad SMARTS) is 1. The van der Waals surface area contributed by atoms with Crippen LogP contribution in [0.4, 0.5) is 10.1 Å². The molecule has 6 nitrogen and oxygen atoms in total. The molecule has 0 fully saturated rings. The fourth-order valence-corrected chi connectivity index (χ4v) is 4.19. The number of aliphatic carboxylic acids is 1. The van der Waals surface area contributed by atoms with E-state index in [1.54, 1.807) is 23.1 Å². The van der Waals surface area contributed by atoms with Gasteiger partial charge in [0.15, 0.2) is 5.78 Å². The van der Waals surface area contributed by atoms with Crippen LogP contribution >= 0.6 is 11.6 Å². The Labute approximate surface area is 185 Å². The molecule has 166 valence electrons. The van der Waals surface area contributed by atoms with Gasteiger partial charge in [-0.15, -0.1) is 0 Å². The first-order chi connectivity index (χ1) is 14.7. The third kappa shape index (κ3) is 4.38. The monoisotopic (exact) mass is 448 g/mol. The van der Waals surface area contributed by atoms with Crippen molar-refractivity contribution in [3.8, 4) is 5.75 Å². The Morgan fingerprint density at radius 3 is 2.65 bits per heavy atom. The van der Waals surface area contributed by atoms with Crippen LogP contribution in [0.1, 0.15) is 35.3 Å². The van der Waals surface area contributed by atoms with Crippen LogP contribution in [0.15, 0.2) is 30.3 Å². The number of hydrogen-bond donors (Lipinski definition) is 1. The average molecular weight is 449 g/mol. The molecule has 1 N–H and O–H groups in total. The average Bonchev–Trinajstić information content (AvgIpc) is 2.72. The van der Waals surface area contributed by atoms with Crippen LogP contribution in [0.25, 0.3) is 0 Å². The summed E-state index contributed by atoms with van der Waals surface area (Å²) in [6.07, 6.45) is 0.0969.